The van der Waals surface area contributed by atoms with Gasteiger partial charge in [-0.1, -0.05) is 19.3 Å². The van der Waals surface area contributed by atoms with E-state index in [0.717, 1.165) is 0 Å². The zero-order valence-corrected chi connectivity index (χ0v) is 12.4. The van der Waals surface area contributed by atoms with Crippen molar-refractivity contribution in [1.29, 1.82) is 0 Å². The van der Waals surface area contributed by atoms with E-state index < -0.39 is 0 Å². The largest absolute Gasteiger partial charge is 0.357 e. The van der Waals surface area contributed by atoms with Crippen molar-refractivity contribution < 1.29 is 0 Å². The van der Waals surface area contributed by atoms with Gasteiger partial charge in [-0.3, -0.25) is 0 Å². The van der Waals surface area contributed by atoms with Crippen molar-refractivity contribution in [1.82, 2.24) is 29.7 Å². The van der Waals surface area contributed by atoms with Crippen molar-refractivity contribution in [2.24, 2.45) is 0 Å². The Balaban J connectivity index is 1.91. The van der Waals surface area contributed by atoms with E-state index in [2.05, 4.69) is 42.3 Å². The standard InChI is InChI=1S/C13H20N8/c1-14-11-17-12(20(2)10-6-4-3-5-7-10)19-13(18-11)21-9-15-8-16-21/h8-10H,3-7H2,1-2H3,(H,14,17,18,19). The SMILES string of the molecule is CNc1nc(N(C)C2CCCCC2)nc(-n2cncn2)n1. The molecular weight excluding hydrogens is 268 g/mol. The molecular formula is C13H20N8. The highest BCUT2D eigenvalue weighted by atomic mass is 15.4. The fourth-order valence-corrected chi connectivity index (χ4v) is 2.67. The van der Waals surface area contributed by atoms with Gasteiger partial charge in [-0.05, 0) is 12.8 Å². The summed E-state index contributed by atoms with van der Waals surface area (Å²) in [5.41, 5.74) is 0. The first-order valence-corrected chi connectivity index (χ1v) is 7.29. The summed E-state index contributed by atoms with van der Waals surface area (Å²) in [6.07, 6.45) is 9.30. The summed E-state index contributed by atoms with van der Waals surface area (Å²) >= 11 is 0. The number of rotatable bonds is 4. The van der Waals surface area contributed by atoms with Crippen LogP contribution in [0.3, 0.4) is 0 Å². The number of hydrogen-bond acceptors (Lipinski definition) is 7. The summed E-state index contributed by atoms with van der Waals surface area (Å²) in [6.45, 7) is 0. The lowest BCUT2D eigenvalue weighted by Gasteiger charge is -2.31. The average Bonchev–Trinajstić information content (AvgIpc) is 3.09. The highest BCUT2D eigenvalue weighted by Gasteiger charge is 2.21. The number of nitrogens with one attached hydrogen (secondary N) is 1. The lowest BCUT2D eigenvalue weighted by atomic mass is 9.95. The number of hydrogen-bond donors (Lipinski definition) is 1. The van der Waals surface area contributed by atoms with E-state index in [9.17, 15) is 0 Å². The Morgan fingerprint density at radius 3 is 2.67 bits per heavy atom. The van der Waals surface area contributed by atoms with Crippen LogP contribution in [-0.2, 0) is 0 Å². The molecule has 8 heteroatoms. The molecule has 0 spiro atoms. The van der Waals surface area contributed by atoms with Crippen molar-refractivity contribution in [3.8, 4) is 5.95 Å². The summed E-state index contributed by atoms with van der Waals surface area (Å²) in [5, 5.41) is 7.06. The van der Waals surface area contributed by atoms with E-state index in [1.165, 1.54) is 38.4 Å². The van der Waals surface area contributed by atoms with Gasteiger partial charge in [-0.25, -0.2) is 4.98 Å². The number of aromatic nitrogens is 6. The quantitative estimate of drug-likeness (QED) is 0.906. The van der Waals surface area contributed by atoms with Crippen molar-refractivity contribution in [2.45, 2.75) is 38.1 Å². The molecule has 0 radical (unpaired) electrons. The normalized spacial score (nSPS) is 15.9. The van der Waals surface area contributed by atoms with Crippen molar-refractivity contribution in [3.05, 3.63) is 12.7 Å². The Morgan fingerprint density at radius 1 is 1.19 bits per heavy atom. The molecule has 2 aromatic rings. The van der Waals surface area contributed by atoms with Crippen LogP contribution in [0.5, 0.6) is 0 Å². The first-order chi connectivity index (χ1) is 10.3. The summed E-state index contributed by atoms with van der Waals surface area (Å²) in [6, 6.07) is 0.495. The highest BCUT2D eigenvalue weighted by molar-refractivity contribution is 5.39. The topological polar surface area (TPSA) is 84.7 Å². The van der Waals surface area contributed by atoms with Gasteiger partial charge in [0.25, 0.3) is 5.95 Å². The summed E-state index contributed by atoms with van der Waals surface area (Å²) < 4.78 is 1.54. The maximum atomic E-state index is 4.52. The minimum atomic E-state index is 0.476. The molecule has 0 aliphatic heterocycles. The average molecular weight is 288 g/mol. The summed E-state index contributed by atoms with van der Waals surface area (Å²) in [5.74, 6) is 1.68. The molecule has 21 heavy (non-hydrogen) atoms. The number of anilines is 2. The van der Waals surface area contributed by atoms with Gasteiger partial charge in [-0.2, -0.15) is 24.7 Å². The molecule has 2 heterocycles. The van der Waals surface area contributed by atoms with Crippen LogP contribution in [-0.4, -0.2) is 49.9 Å². The first kappa shape index (κ1) is 13.7. The fourth-order valence-electron chi connectivity index (χ4n) is 2.67. The maximum Gasteiger partial charge on any atom is 0.258 e. The van der Waals surface area contributed by atoms with E-state index in [0.29, 0.717) is 23.9 Å². The molecule has 112 valence electrons. The Labute approximate surface area is 123 Å². The van der Waals surface area contributed by atoms with Crippen LogP contribution in [0, 0.1) is 0 Å². The van der Waals surface area contributed by atoms with Gasteiger partial charge in [0.05, 0.1) is 0 Å². The van der Waals surface area contributed by atoms with Gasteiger partial charge >= 0.3 is 0 Å². The predicted molar refractivity (Wildman–Crippen MR) is 79.6 cm³/mol. The van der Waals surface area contributed by atoms with Crippen molar-refractivity contribution >= 4 is 11.9 Å². The molecule has 1 aliphatic rings. The smallest absolute Gasteiger partial charge is 0.258 e. The molecule has 0 unspecified atom stereocenters. The summed E-state index contributed by atoms with van der Waals surface area (Å²) in [4.78, 5) is 19.4. The lowest BCUT2D eigenvalue weighted by Crippen LogP contribution is -2.35. The predicted octanol–water partition coefficient (Wildman–Crippen LogP) is 1.26. The molecule has 1 aliphatic carbocycles. The third-order valence-electron chi connectivity index (χ3n) is 3.90. The molecule has 0 amide bonds. The van der Waals surface area contributed by atoms with Crippen LogP contribution in [0.15, 0.2) is 12.7 Å². The molecule has 1 fully saturated rings. The molecule has 2 aromatic heterocycles. The van der Waals surface area contributed by atoms with Crippen molar-refractivity contribution in [3.63, 3.8) is 0 Å². The lowest BCUT2D eigenvalue weighted by molar-refractivity contribution is 0.424. The van der Waals surface area contributed by atoms with E-state index in [1.54, 1.807) is 18.1 Å². The maximum absolute atomic E-state index is 4.52. The van der Waals surface area contributed by atoms with Crippen LogP contribution in [0.2, 0.25) is 0 Å². The molecule has 0 bridgehead atoms. The van der Waals surface area contributed by atoms with Crippen LogP contribution in [0.1, 0.15) is 32.1 Å². The van der Waals surface area contributed by atoms with Gasteiger partial charge in [-0.15, -0.1) is 0 Å². The van der Waals surface area contributed by atoms with Crippen molar-refractivity contribution in [2.75, 3.05) is 24.3 Å². The van der Waals surface area contributed by atoms with E-state index >= 15 is 0 Å². The third kappa shape index (κ3) is 2.93. The highest BCUT2D eigenvalue weighted by Crippen LogP contribution is 2.24. The van der Waals surface area contributed by atoms with Gasteiger partial charge in [0.15, 0.2) is 0 Å². The molecule has 1 saturated carbocycles. The molecule has 3 rings (SSSR count). The Bertz CT molecular complexity index is 576. The van der Waals surface area contributed by atoms with Gasteiger partial charge in [0.2, 0.25) is 11.9 Å². The molecule has 0 atom stereocenters. The van der Waals surface area contributed by atoms with Gasteiger partial charge < -0.3 is 10.2 Å². The second-order valence-corrected chi connectivity index (χ2v) is 5.25. The molecule has 0 aromatic carbocycles. The fraction of sp³-hybridized carbons (Fsp3) is 0.615. The summed E-state index contributed by atoms with van der Waals surface area (Å²) in [7, 11) is 3.85. The second kappa shape index (κ2) is 6.02. The monoisotopic (exact) mass is 288 g/mol. The van der Waals surface area contributed by atoms with Crippen LogP contribution >= 0.6 is 0 Å². The Morgan fingerprint density at radius 2 is 2.00 bits per heavy atom. The Hall–Kier alpha value is -2.25. The zero-order valence-electron chi connectivity index (χ0n) is 12.4. The Kier molecular flexibility index (Phi) is 3.94. The number of nitrogens with zero attached hydrogens (tertiary/aromatic N) is 7. The minimum Gasteiger partial charge on any atom is -0.357 e. The first-order valence-electron chi connectivity index (χ1n) is 7.29. The van der Waals surface area contributed by atoms with Gasteiger partial charge in [0, 0.05) is 20.1 Å². The molecule has 1 N–H and O–H groups in total. The second-order valence-electron chi connectivity index (χ2n) is 5.25. The van der Waals surface area contributed by atoms with E-state index in [-0.39, 0.29) is 0 Å². The third-order valence-corrected chi connectivity index (χ3v) is 3.90. The van der Waals surface area contributed by atoms with Crippen LogP contribution < -0.4 is 10.2 Å². The van der Waals surface area contributed by atoms with E-state index in [4.69, 9.17) is 0 Å². The van der Waals surface area contributed by atoms with Gasteiger partial charge in [0.1, 0.15) is 12.7 Å². The van der Waals surface area contributed by atoms with Crippen LogP contribution in [0.4, 0.5) is 11.9 Å². The molecule has 8 nitrogen and oxygen atoms in total. The minimum absolute atomic E-state index is 0.476. The van der Waals surface area contributed by atoms with E-state index in [1.807, 2.05) is 0 Å². The zero-order chi connectivity index (χ0) is 14.7. The molecule has 0 saturated heterocycles. The van der Waals surface area contributed by atoms with Crippen LogP contribution in [0.25, 0.3) is 5.95 Å².